The minimum Gasteiger partial charge on any atom is -0.459 e. The highest BCUT2D eigenvalue weighted by Gasteiger charge is 2.38. The summed E-state index contributed by atoms with van der Waals surface area (Å²) in [4.78, 5) is 23.3. The Kier molecular flexibility index (Phi) is 3.49. The van der Waals surface area contributed by atoms with E-state index in [9.17, 15) is 4.79 Å². The molecule has 3 unspecified atom stereocenters. The predicted molar refractivity (Wildman–Crippen MR) is 73.2 cm³/mol. The first kappa shape index (κ1) is 13.8. The molecule has 0 aliphatic carbocycles. The van der Waals surface area contributed by atoms with Crippen LogP contribution in [0.5, 0.6) is 0 Å². The molecular formula is C13H11ClN4O3. The van der Waals surface area contributed by atoms with Crippen LogP contribution in [0.2, 0.25) is 5.15 Å². The number of hydrogen-bond donors (Lipinski definition) is 0. The summed E-state index contributed by atoms with van der Waals surface area (Å²) in [6, 6.07) is 0. The van der Waals surface area contributed by atoms with Crippen molar-refractivity contribution in [2.45, 2.75) is 31.8 Å². The standard InChI is InChI=1S/C13H11ClN4O3/c1-3-8-9(20-7(2)19)4-10(21-8)18-6-17-11-12(14)15-5-16-13(11)18/h1,5-6,8-10H,4H2,2H3. The van der Waals surface area contributed by atoms with Gasteiger partial charge in [0.1, 0.15) is 24.2 Å². The van der Waals surface area contributed by atoms with Gasteiger partial charge >= 0.3 is 5.97 Å². The maximum absolute atomic E-state index is 11.1. The number of esters is 1. The van der Waals surface area contributed by atoms with Gasteiger partial charge in [-0.1, -0.05) is 17.5 Å². The molecule has 3 atom stereocenters. The van der Waals surface area contributed by atoms with Crippen LogP contribution in [0.25, 0.3) is 11.2 Å². The van der Waals surface area contributed by atoms with Crippen molar-refractivity contribution in [3.8, 4) is 12.3 Å². The maximum Gasteiger partial charge on any atom is 0.303 e. The van der Waals surface area contributed by atoms with E-state index in [-0.39, 0.29) is 5.15 Å². The van der Waals surface area contributed by atoms with Gasteiger partial charge in [-0.15, -0.1) is 6.42 Å². The van der Waals surface area contributed by atoms with Crippen molar-refractivity contribution in [2.24, 2.45) is 0 Å². The number of carbonyl (C=O) groups is 1. The summed E-state index contributed by atoms with van der Waals surface area (Å²) in [6.07, 6.45) is 7.21. The quantitative estimate of drug-likeness (QED) is 0.473. The van der Waals surface area contributed by atoms with Gasteiger partial charge in [-0.05, 0) is 0 Å². The van der Waals surface area contributed by atoms with Crippen molar-refractivity contribution in [1.82, 2.24) is 19.5 Å². The molecule has 8 heteroatoms. The van der Waals surface area contributed by atoms with Crippen molar-refractivity contribution in [1.29, 1.82) is 0 Å². The summed E-state index contributed by atoms with van der Waals surface area (Å²) in [7, 11) is 0. The molecular weight excluding hydrogens is 296 g/mol. The van der Waals surface area contributed by atoms with Gasteiger partial charge in [-0.25, -0.2) is 15.0 Å². The minimum absolute atomic E-state index is 0.266. The molecule has 0 bridgehead atoms. The van der Waals surface area contributed by atoms with Crippen LogP contribution in [0.1, 0.15) is 19.6 Å². The van der Waals surface area contributed by atoms with Gasteiger partial charge in [0, 0.05) is 13.3 Å². The Hall–Kier alpha value is -2.17. The highest BCUT2D eigenvalue weighted by Crippen LogP contribution is 2.33. The zero-order valence-corrected chi connectivity index (χ0v) is 11.8. The number of terminal acetylenes is 1. The molecule has 0 radical (unpaired) electrons. The van der Waals surface area contributed by atoms with Crippen LogP contribution >= 0.6 is 11.6 Å². The second-order valence-electron chi connectivity index (χ2n) is 4.55. The van der Waals surface area contributed by atoms with Crippen molar-refractivity contribution in [3.63, 3.8) is 0 Å². The summed E-state index contributed by atoms with van der Waals surface area (Å²) in [5, 5.41) is 0.266. The van der Waals surface area contributed by atoms with Gasteiger partial charge in [-0.3, -0.25) is 9.36 Å². The SMILES string of the molecule is C#CC1OC(n2cnc3c(Cl)ncnc32)CC1OC(C)=O. The van der Waals surface area contributed by atoms with E-state index in [0.717, 1.165) is 0 Å². The average Bonchev–Trinajstić information content (AvgIpc) is 3.02. The van der Waals surface area contributed by atoms with Crippen LogP contribution in [0.15, 0.2) is 12.7 Å². The van der Waals surface area contributed by atoms with E-state index in [1.807, 2.05) is 0 Å². The second-order valence-corrected chi connectivity index (χ2v) is 4.91. The molecule has 0 saturated carbocycles. The van der Waals surface area contributed by atoms with Crippen molar-refractivity contribution in [2.75, 3.05) is 0 Å². The summed E-state index contributed by atoms with van der Waals surface area (Å²) in [6.45, 7) is 1.33. The molecule has 1 saturated heterocycles. The van der Waals surface area contributed by atoms with Crippen LogP contribution in [0.4, 0.5) is 0 Å². The van der Waals surface area contributed by atoms with E-state index in [4.69, 9.17) is 27.5 Å². The highest BCUT2D eigenvalue weighted by atomic mass is 35.5. The molecule has 0 spiro atoms. The fourth-order valence-corrected chi connectivity index (χ4v) is 2.49. The summed E-state index contributed by atoms with van der Waals surface area (Å²) < 4.78 is 12.6. The Morgan fingerprint density at radius 3 is 3.10 bits per heavy atom. The Bertz CT molecular complexity index is 739. The molecule has 0 N–H and O–H groups in total. The number of fused-ring (bicyclic) bond motifs is 1. The lowest BCUT2D eigenvalue weighted by Gasteiger charge is -2.12. The Labute approximate surface area is 125 Å². The van der Waals surface area contributed by atoms with Crippen LogP contribution in [0, 0.1) is 12.3 Å². The number of rotatable bonds is 2. The zero-order valence-electron chi connectivity index (χ0n) is 11.1. The number of nitrogens with zero attached hydrogens (tertiary/aromatic N) is 4. The monoisotopic (exact) mass is 306 g/mol. The number of carbonyl (C=O) groups excluding carboxylic acids is 1. The lowest BCUT2D eigenvalue weighted by Crippen LogP contribution is -2.24. The van der Waals surface area contributed by atoms with Crippen molar-refractivity contribution >= 4 is 28.7 Å². The van der Waals surface area contributed by atoms with Gasteiger partial charge in [0.15, 0.2) is 16.9 Å². The maximum atomic E-state index is 11.1. The van der Waals surface area contributed by atoms with E-state index < -0.39 is 24.4 Å². The van der Waals surface area contributed by atoms with E-state index in [0.29, 0.717) is 17.6 Å². The van der Waals surface area contributed by atoms with Crippen LogP contribution in [-0.4, -0.2) is 37.7 Å². The van der Waals surface area contributed by atoms with Gasteiger partial charge < -0.3 is 9.47 Å². The lowest BCUT2D eigenvalue weighted by molar-refractivity contribution is -0.147. The highest BCUT2D eigenvalue weighted by molar-refractivity contribution is 6.33. The van der Waals surface area contributed by atoms with E-state index >= 15 is 0 Å². The normalized spacial score (nSPS) is 24.9. The molecule has 3 heterocycles. The van der Waals surface area contributed by atoms with E-state index in [1.54, 1.807) is 10.9 Å². The van der Waals surface area contributed by atoms with Crippen LogP contribution < -0.4 is 0 Å². The summed E-state index contributed by atoms with van der Waals surface area (Å²) >= 11 is 5.96. The van der Waals surface area contributed by atoms with Crippen molar-refractivity contribution < 1.29 is 14.3 Å². The first-order valence-electron chi connectivity index (χ1n) is 6.22. The molecule has 1 aliphatic heterocycles. The first-order chi connectivity index (χ1) is 10.1. The zero-order chi connectivity index (χ0) is 15.0. The smallest absolute Gasteiger partial charge is 0.303 e. The van der Waals surface area contributed by atoms with Crippen molar-refractivity contribution in [3.05, 3.63) is 17.8 Å². The number of hydrogen-bond acceptors (Lipinski definition) is 6. The van der Waals surface area contributed by atoms with Gasteiger partial charge in [0.05, 0.1) is 6.33 Å². The molecule has 1 aliphatic rings. The molecule has 0 aromatic carbocycles. The number of imidazole rings is 1. The molecule has 108 valence electrons. The third-order valence-corrected chi connectivity index (χ3v) is 3.46. The predicted octanol–water partition coefficient (Wildman–Crippen LogP) is 1.33. The Morgan fingerprint density at radius 2 is 2.38 bits per heavy atom. The molecule has 3 rings (SSSR count). The Balaban J connectivity index is 1.92. The topological polar surface area (TPSA) is 79.1 Å². The number of halogens is 1. The lowest BCUT2D eigenvalue weighted by atomic mass is 10.2. The van der Waals surface area contributed by atoms with Gasteiger partial charge in [0.2, 0.25) is 0 Å². The minimum atomic E-state index is -0.603. The van der Waals surface area contributed by atoms with Gasteiger partial charge in [-0.2, -0.15) is 0 Å². The average molecular weight is 307 g/mol. The molecule has 1 fully saturated rings. The molecule has 21 heavy (non-hydrogen) atoms. The molecule has 0 amide bonds. The number of ether oxygens (including phenoxy) is 2. The van der Waals surface area contributed by atoms with Crippen LogP contribution in [-0.2, 0) is 14.3 Å². The fourth-order valence-electron chi connectivity index (χ4n) is 2.32. The van der Waals surface area contributed by atoms with E-state index in [2.05, 4.69) is 20.9 Å². The summed E-state index contributed by atoms with van der Waals surface area (Å²) in [5.74, 6) is 2.08. The summed E-state index contributed by atoms with van der Waals surface area (Å²) in [5.41, 5.74) is 1.02. The Morgan fingerprint density at radius 1 is 1.57 bits per heavy atom. The molecule has 2 aromatic rings. The third-order valence-electron chi connectivity index (χ3n) is 3.18. The fraction of sp³-hybridized carbons (Fsp3) is 0.385. The third kappa shape index (κ3) is 2.44. The van der Waals surface area contributed by atoms with Crippen LogP contribution in [0.3, 0.4) is 0 Å². The number of aromatic nitrogens is 4. The van der Waals surface area contributed by atoms with E-state index in [1.165, 1.54) is 13.3 Å². The second kappa shape index (κ2) is 5.31. The molecule has 7 nitrogen and oxygen atoms in total. The molecule has 2 aromatic heterocycles. The first-order valence-corrected chi connectivity index (χ1v) is 6.59. The van der Waals surface area contributed by atoms with Gasteiger partial charge in [0.25, 0.3) is 0 Å². The largest absolute Gasteiger partial charge is 0.459 e.